The van der Waals surface area contributed by atoms with Gasteiger partial charge in [-0.1, -0.05) is 0 Å². The highest BCUT2D eigenvalue weighted by atomic mass is 32.2. The number of fused-ring (bicyclic) bond motifs is 1. The van der Waals surface area contributed by atoms with Crippen LogP contribution < -0.4 is 0 Å². The summed E-state index contributed by atoms with van der Waals surface area (Å²) in [5, 5.41) is 4.66. The molecule has 3 aromatic rings. The van der Waals surface area contributed by atoms with E-state index in [0.717, 1.165) is 0 Å². The summed E-state index contributed by atoms with van der Waals surface area (Å²) in [5.41, 5.74) is 0.320. The minimum absolute atomic E-state index is 0.124. The van der Waals surface area contributed by atoms with E-state index in [1.165, 1.54) is 34.7 Å². The molecule has 3 rings (SSSR count). The number of hydrogen-bond acceptors (Lipinski definition) is 6. The van der Waals surface area contributed by atoms with E-state index in [2.05, 4.69) is 15.1 Å². The largest absolute Gasteiger partial charge is 0.263 e. The van der Waals surface area contributed by atoms with Gasteiger partial charge in [0.2, 0.25) is 9.84 Å². The first kappa shape index (κ1) is 13.1. The number of thioether (sulfide) groups is 1. The van der Waals surface area contributed by atoms with Crippen molar-refractivity contribution in [3.05, 3.63) is 43.0 Å². The van der Waals surface area contributed by atoms with E-state index in [0.29, 0.717) is 10.7 Å². The highest BCUT2D eigenvalue weighted by Gasteiger charge is 2.28. The molecule has 6 nitrogen and oxygen atoms in total. The number of sulfone groups is 1. The smallest absolute Gasteiger partial charge is 0.214 e. The Morgan fingerprint density at radius 1 is 1.25 bits per heavy atom. The Labute approximate surface area is 119 Å². The molecule has 0 N–H and O–H groups in total. The molecule has 0 saturated carbocycles. The van der Waals surface area contributed by atoms with Crippen LogP contribution in [0.25, 0.3) is 5.65 Å². The Hall–Kier alpha value is -1.93. The first-order valence-corrected chi connectivity index (χ1v) is 8.38. The van der Waals surface area contributed by atoms with Crippen LogP contribution in [0, 0.1) is 0 Å². The summed E-state index contributed by atoms with van der Waals surface area (Å²) in [7, 11) is -3.69. The summed E-state index contributed by atoms with van der Waals surface area (Å²) < 4.78 is 27.0. The van der Waals surface area contributed by atoms with Gasteiger partial charge in [0.15, 0.2) is 10.5 Å². The molecule has 0 saturated heterocycles. The van der Waals surface area contributed by atoms with Crippen LogP contribution in [0.3, 0.4) is 0 Å². The van der Waals surface area contributed by atoms with Crippen molar-refractivity contribution < 1.29 is 8.42 Å². The fourth-order valence-electron chi connectivity index (χ4n) is 1.84. The topological polar surface area (TPSA) is 77.2 Å². The summed E-state index contributed by atoms with van der Waals surface area (Å²) in [5.74, 6) is 0. The molecule has 0 spiro atoms. The van der Waals surface area contributed by atoms with Crippen molar-refractivity contribution in [2.75, 3.05) is 6.26 Å². The fraction of sp³-hybridized carbons (Fsp3) is 0.0833. The summed E-state index contributed by atoms with van der Waals surface area (Å²) in [6.45, 7) is 0. The van der Waals surface area contributed by atoms with E-state index < -0.39 is 9.84 Å². The molecule has 0 aromatic carbocycles. The van der Waals surface area contributed by atoms with Gasteiger partial charge < -0.3 is 0 Å². The van der Waals surface area contributed by atoms with Gasteiger partial charge in [0.25, 0.3) is 0 Å². The summed E-state index contributed by atoms with van der Waals surface area (Å²) in [4.78, 5) is 8.25. The molecule has 0 bridgehead atoms. The quantitative estimate of drug-likeness (QED) is 0.685. The molecular formula is C12H10N4O2S2. The van der Waals surface area contributed by atoms with Gasteiger partial charge in [-0.3, -0.25) is 4.98 Å². The number of hydrogen-bond donors (Lipinski definition) is 0. The molecule has 0 aliphatic heterocycles. The van der Waals surface area contributed by atoms with Crippen molar-refractivity contribution in [1.29, 1.82) is 0 Å². The van der Waals surface area contributed by atoms with Gasteiger partial charge in [0.05, 0.1) is 4.90 Å². The Kier molecular flexibility index (Phi) is 3.19. The average Bonchev–Trinajstić information content (AvgIpc) is 2.87. The van der Waals surface area contributed by atoms with Gasteiger partial charge in [-0.2, -0.15) is 5.10 Å². The zero-order valence-electron chi connectivity index (χ0n) is 10.5. The molecule has 20 heavy (non-hydrogen) atoms. The molecule has 3 aromatic heterocycles. The van der Waals surface area contributed by atoms with Crippen molar-refractivity contribution in [1.82, 2.24) is 19.6 Å². The maximum Gasteiger partial charge on any atom is 0.214 e. The van der Waals surface area contributed by atoms with E-state index >= 15 is 0 Å². The van der Waals surface area contributed by atoms with E-state index in [4.69, 9.17) is 0 Å². The molecule has 0 fully saturated rings. The number of aromatic nitrogens is 4. The molecule has 0 unspecified atom stereocenters. The maximum absolute atomic E-state index is 12.7. The zero-order valence-corrected chi connectivity index (χ0v) is 12.1. The second-order valence-electron chi connectivity index (χ2n) is 3.92. The Bertz CT molecular complexity index is 860. The molecule has 0 radical (unpaired) electrons. The van der Waals surface area contributed by atoms with Crippen LogP contribution in [0.15, 0.2) is 57.8 Å². The standard InChI is InChI=1S/C12H10N4O2S2/c1-19-12-10(11-14-6-3-7-16(11)15-12)20(17,18)9-4-2-5-13-8-9/h2-8H,1H3. The SMILES string of the molecule is CSc1nn2cccnc2c1S(=O)(=O)c1cccnc1. The molecular weight excluding hydrogens is 296 g/mol. The van der Waals surface area contributed by atoms with Crippen LogP contribution in [-0.4, -0.2) is 34.3 Å². The lowest BCUT2D eigenvalue weighted by molar-refractivity contribution is 0.594. The second-order valence-corrected chi connectivity index (χ2v) is 6.60. The zero-order chi connectivity index (χ0) is 14.2. The van der Waals surface area contributed by atoms with Crippen LogP contribution in [-0.2, 0) is 9.84 Å². The normalized spacial score (nSPS) is 11.8. The first-order valence-electron chi connectivity index (χ1n) is 5.67. The minimum atomic E-state index is -3.69. The average molecular weight is 306 g/mol. The highest BCUT2D eigenvalue weighted by molar-refractivity contribution is 7.99. The van der Waals surface area contributed by atoms with Gasteiger partial charge >= 0.3 is 0 Å². The van der Waals surface area contributed by atoms with Crippen molar-refractivity contribution in [3.63, 3.8) is 0 Å². The van der Waals surface area contributed by atoms with Crippen molar-refractivity contribution >= 4 is 27.2 Å². The number of rotatable bonds is 3. The minimum Gasteiger partial charge on any atom is -0.263 e. The number of pyridine rings is 1. The first-order chi connectivity index (χ1) is 9.64. The van der Waals surface area contributed by atoms with E-state index in [9.17, 15) is 8.42 Å². The molecule has 102 valence electrons. The second kappa shape index (κ2) is 4.88. The Morgan fingerprint density at radius 2 is 2.10 bits per heavy atom. The lowest BCUT2D eigenvalue weighted by Crippen LogP contribution is -2.04. The molecule has 8 heteroatoms. The maximum atomic E-state index is 12.7. The van der Waals surface area contributed by atoms with Crippen LogP contribution >= 0.6 is 11.8 Å². The van der Waals surface area contributed by atoms with E-state index in [-0.39, 0.29) is 9.79 Å². The third-order valence-corrected chi connectivity index (χ3v) is 5.31. The van der Waals surface area contributed by atoms with Gasteiger partial charge in [-0.25, -0.2) is 17.9 Å². The summed E-state index contributed by atoms with van der Waals surface area (Å²) in [6, 6.07) is 4.80. The predicted octanol–water partition coefficient (Wildman–Crippen LogP) is 1.68. The van der Waals surface area contributed by atoms with Crippen molar-refractivity contribution in [2.24, 2.45) is 0 Å². The third-order valence-electron chi connectivity index (χ3n) is 2.73. The van der Waals surface area contributed by atoms with Gasteiger partial charge in [-0.05, 0) is 24.5 Å². The van der Waals surface area contributed by atoms with Crippen molar-refractivity contribution in [2.45, 2.75) is 14.8 Å². The third kappa shape index (κ3) is 1.97. The summed E-state index contributed by atoms with van der Waals surface area (Å²) >= 11 is 1.27. The highest BCUT2D eigenvalue weighted by Crippen LogP contribution is 2.31. The molecule has 0 aliphatic carbocycles. The monoisotopic (exact) mass is 306 g/mol. The lowest BCUT2D eigenvalue weighted by atomic mass is 10.5. The van der Waals surface area contributed by atoms with Crippen LogP contribution in [0.1, 0.15) is 0 Å². The lowest BCUT2D eigenvalue weighted by Gasteiger charge is -2.03. The van der Waals surface area contributed by atoms with Gasteiger partial charge in [0.1, 0.15) is 5.03 Å². The fourth-order valence-corrected chi connectivity index (χ4v) is 4.21. The van der Waals surface area contributed by atoms with Crippen LogP contribution in [0.2, 0.25) is 0 Å². The Morgan fingerprint density at radius 3 is 2.80 bits per heavy atom. The van der Waals surface area contributed by atoms with Crippen LogP contribution in [0.4, 0.5) is 0 Å². The molecule has 0 aliphatic rings. The van der Waals surface area contributed by atoms with Gasteiger partial charge in [-0.15, -0.1) is 11.8 Å². The van der Waals surface area contributed by atoms with Crippen molar-refractivity contribution in [3.8, 4) is 0 Å². The Balaban J connectivity index is 2.34. The van der Waals surface area contributed by atoms with Crippen LogP contribution in [0.5, 0.6) is 0 Å². The molecule has 3 heterocycles. The summed E-state index contributed by atoms with van der Waals surface area (Å²) in [6.07, 6.45) is 7.85. The molecule has 0 amide bonds. The predicted molar refractivity (Wildman–Crippen MR) is 74.5 cm³/mol. The van der Waals surface area contributed by atoms with Gasteiger partial charge in [0, 0.05) is 24.8 Å². The van der Waals surface area contributed by atoms with E-state index in [1.807, 2.05) is 0 Å². The van der Waals surface area contributed by atoms with E-state index in [1.54, 1.807) is 30.8 Å². The number of nitrogens with zero attached hydrogens (tertiary/aromatic N) is 4. The molecule has 0 atom stereocenters.